The van der Waals surface area contributed by atoms with Crippen molar-refractivity contribution in [1.29, 1.82) is 0 Å². The third-order valence-electron chi connectivity index (χ3n) is 10.4. The third-order valence-corrected chi connectivity index (χ3v) is 10.4. The van der Waals surface area contributed by atoms with Gasteiger partial charge in [0.2, 0.25) is 0 Å². The Kier molecular flexibility index (Phi) is 5.80. The summed E-state index contributed by atoms with van der Waals surface area (Å²) in [6.07, 6.45) is 18.3. The minimum Gasteiger partial charge on any atom is -0.393 e. The lowest BCUT2D eigenvalue weighted by atomic mass is 9.44. The molecule has 0 aromatic rings. The minimum absolute atomic E-state index is 0.0159. The van der Waals surface area contributed by atoms with Crippen LogP contribution >= 0.6 is 0 Å². The van der Waals surface area contributed by atoms with Crippen LogP contribution in [-0.4, -0.2) is 11.2 Å². The largest absolute Gasteiger partial charge is 0.393 e. The first-order chi connectivity index (χ1) is 13.3. The van der Waals surface area contributed by atoms with E-state index in [4.69, 9.17) is 0 Å². The van der Waals surface area contributed by atoms with Gasteiger partial charge in [0.1, 0.15) is 0 Å². The highest BCUT2D eigenvalue weighted by Gasteiger charge is 2.60. The van der Waals surface area contributed by atoms with E-state index in [2.05, 4.69) is 46.8 Å². The smallest absolute Gasteiger partial charge is 0.0543 e. The monoisotopic (exact) mass is 386 g/mol. The molecule has 4 rings (SSSR count). The molecule has 4 fully saturated rings. The Morgan fingerprint density at radius 1 is 0.893 bits per heavy atom. The highest BCUT2D eigenvalue weighted by atomic mass is 16.3. The van der Waals surface area contributed by atoms with E-state index in [-0.39, 0.29) is 6.10 Å². The molecule has 1 N–H and O–H groups in total. The molecule has 0 heterocycles. The second-order valence-electron chi connectivity index (χ2n) is 12.2. The van der Waals surface area contributed by atoms with Gasteiger partial charge in [0.15, 0.2) is 0 Å². The molecule has 4 saturated carbocycles. The number of fused-ring (bicyclic) bond motifs is 5. The molecule has 0 aromatic carbocycles. The Labute approximate surface area is 174 Å². The van der Waals surface area contributed by atoms with Crippen molar-refractivity contribution in [1.82, 2.24) is 0 Å². The van der Waals surface area contributed by atoms with E-state index < -0.39 is 0 Å². The molecular weight excluding hydrogens is 340 g/mol. The molecule has 1 heteroatoms. The lowest BCUT2D eigenvalue weighted by Gasteiger charge is -2.61. The van der Waals surface area contributed by atoms with Gasteiger partial charge in [0.05, 0.1) is 6.10 Å². The molecule has 0 spiro atoms. The molecule has 1 nitrogen and oxygen atoms in total. The lowest BCUT2D eigenvalue weighted by Crippen LogP contribution is -2.54. The molecule has 1 unspecified atom stereocenters. The number of aliphatic hydroxyl groups is 1. The molecule has 0 amide bonds. The van der Waals surface area contributed by atoms with Crippen LogP contribution in [0.5, 0.6) is 0 Å². The van der Waals surface area contributed by atoms with Crippen LogP contribution < -0.4 is 0 Å². The molecule has 9 atom stereocenters. The summed E-state index contributed by atoms with van der Waals surface area (Å²) in [7, 11) is 0. The van der Waals surface area contributed by atoms with Crippen molar-refractivity contribution in [2.24, 2.45) is 52.3 Å². The maximum atomic E-state index is 10.2. The maximum absolute atomic E-state index is 10.2. The second-order valence-corrected chi connectivity index (χ2v) is 12.2. The van der Waals surface area contributed by atoms with Gasteiger partial charge in [0, 0.05) is 0 Å². The van der Waals surface area contributed by atoms with Crippen molar-refractivity contribution in [3.63, 3.8) is 0 Å². The third kappa shape index (κ3) is 3.42. The zero-order chi connectivity index (χ0) is 20.1. The summed E-state index contributed by atoms with van der Waals surface area (Å²) in [6, 6.07) is 0. The topological polar surface area (TPSA) is 20.2 Å². The van der Waals surface area contributed by atoms with E-state index in [1.807, 2.05) is 0 Å². The van der Waals surface area contributed by atoms with Gasteiger partial charge in [-0.2, -0.15) is 0 Å². The first-order valence-electron chi connectivity index (χ1n) is 12.6. The normalized spacial score (nSPS) is 49.7. The number of hydrogen-bond donors (Lipinski definition) is 1. The van der Waals surface area contributed by atoms with E-state index in [9.17, 15) is 5.11 Å². The number of hydrogen-bond acceptors (Lipinski definition) is 1. The highest BCUT2D eigenvalue weighted by molar-refractivity contribution is 5.11. The molecular formula is C27H46O. The minimum atomic E-state index is -0.0159. The van der Waals surface area contributed by atoms with Crippen LogP contribution in [0, 0.1) is 52.3 Å². The van der Waals surface area contributed by atoms with Crippen molar-refractivity contribution < 1.29 is 5.11 Å². The van der Waals surface area contributed by atoms with Crippen LogP contribution in [0.3, 0.4) is 0 Å². The maximum Gasteiger partial charge on any atom is 0.0543 e. The average molecular weight is 387 g/mol. The molecule has 0 saturated heterocycles. The zero-order valence-electron chi connectivity index (χ0n) is 19.3. The van der Waals surface area contributed by atoms with Crippen molar-refractivity contribution in [2.75, 3.05) is 0 Å². The number of aliphatic hydroxyl groups excluding tert-OH is 1. The summed E-state index contributed by atoms with van der Waals surface area (Å²) in [5.41, 5.74) is 1.09. The summed E-state index contributed by atoms with van der Waals surface area (Å²) in [6.45, 7) is 12.4. The Bertz CT molecular complexity index is 579. The van der Waals surface area contributed by atoms with Crippen LogP contribution in [0.2, 0.25) is 0 Å². The van der Waals surface area contributed by atoms with Crippen molar-refractivity contribution in [2.45, 2.75) is 105 Å². The molecule has 0 aliphatic heterocycles. The molecule has 0 radical (unpaired) electrons. The van der Waals surface area contributed by atoms with Crippen molar-refractivity contribution >= 4 is 0 Å². The fourth-order valence-electron chi connectivity index (χ4n) is 8.84. The summed E-state index contributed by atoms with van der Waals surface area (Å²) in [5, 5.41) is 10.2. The Morgan fingerprint density at radius 2 is 1.61 bits per heavy atom. The van der Waals surface area contributed by atoms with Gasteiger partial charge in [0.25, 0.3) is 0 Å². The Hall–Kier alpha value is -0.300. The standard InChI is InChI=1S/C27H46O/c1-18(2)7-6-8-19(3)23-11-12-24-22-10-9-20-17-21(28)13-15-26(20,4)25(22)14-16-27(23,24)5/h6,8,18-25,28H,7,9-17H2,1-5H3/b8-6+/t19?,20-,21-,22-,23+,24-,25-,26-,27+/m0/s1. The molecule has 28 heavy (non-hydrogen) atoms. The molecule has 4 aliphatic rings. The van der Waals surface area contributed by atoms with Gasteiger partial charge in [-0.15, -0.1) is 0 Å². The van der Waals surface area contributed by atoms with Crippen LogP contribution in [0.4, 0.5) is 0 Å². The molecule has 4 aliphatic carbocycles. The van der Waals surface area contributed by atoms with E-state index in [1.54, 1.807) is 0 Å². The lowest BCUT2D eigenvalue weighted by molar-refractivity contribution is -0.128. The Morgan fingerprint density at radius 3 is 2.36 bits per heavy atom. The first-order valence-corrected chi connectivity index (χ1v) is 12.6. The molecule has 160 valence electrons. The van der Waals surface area contributed by atoms with Gasteiger partial charge in [-0.25, -0.2) is 0 Å². The summed E-state index contributed by atoms with van der Waals surface area (Å²) in [4.78, 5) is 0. The van der Waals surface area contributed by atoms with Crippen LogP contribution in [0.15, 0.2) is 12.2 Å². The SMILES string of the molecule is CC(C)C/C=C/C(C)[C@H]1CC[C@H]2[C@@H]3CC[C@H]4C[C@@H](O)CC[C@]4(C)[C@H]3CC[C@]12C. The van der Waals surface area contributed by atoms with Gasteiger partial charge in [-0.1, -0.05) is 46.8 Å². The quantitative estimate of drug-likeness (QED) is 0.505. The molecule has 0 aromatic heterocycles. The first kappa shape index (κ1) is 21.0. The van der Waals surface area contributed by atoms with Crippen LogP contribution in [-0.2, 0) is 0 Å². The predicted molar refractivity (Wildman–Crippen MR) is 119 cm³/mol. The van der Waals surface area contributed by atoms with Gasteiger partial charge in [-0.05, 0) is 116 Å². The summed E-state index contributed by atoms with van der Waals surface area (Å²) in [5.74, 6) is 6.05. The highest BCUT2D eigenvalue weighted by Crippen LogP contribution is 2.68. The summed E-state index contributed by atoms with van der Waals surface area (Å²) < 4.78 is 0. The van der Waals surface area contributed by atoms with Gasteiger partial charge < -0.3 is 5.11 Å². The van der Waals surface area contributed by atoms with Crippen molar-refractivity contribution in [3.8, 4) is 0 Å². The van der Waals surface area contributed by atoms with E-state index in [1.165, 1.54) is 51.4 Å². The van der Waals surface area contributed by atoms with Crippen LogP contribution in [0.1, 0.15) is 98.8 Å². The zero-order valence-corrected chi connectivity index (χ0v) is 19.3. The molecule has 0 bridgehead atoms. The average Bonchev–Trinajstić information content (AvgIpc) is 2.99. The van der Waals surface area contributed by atoms with Crippen LogP contribution in [0.25, 0.3) is 0 Å². The summed E-state index contributed by atoms with van der Waals surface area (Å²) >= 11 is 0. The second kappa shape index (κ2) is 7.75. The predicted octanol–water partition coefficient (Wildman–Crippen LogP) is 7.24. The van der Waals surface area contributed by atoms with E-state index in [0.717, 1.165) is 54.3 Å². The Balaban J connectivity index is 1.50. The number of rotatable bonds is 4. The van der Waals surface area contributed by atoms with Gasteiger partial charge >= 0.3 is 0 Å². The number of allylic oxidation sites excluding steroid dienone is 2. The fraction of sp³-hybridized carbons (Fsp3) is 0.926. The fourth-order valence-corrected chi connectivity index (χ4v) is 8.84. The van der Waals surface area contributed by atoms with Gasteiger partial charge in [-0.3, -0.25) is 0 Å². The van der Waals surface area contributed by atoms with E-state index >= 15 is 0 Å². The van der Waals surface area contributed by atoms with Crippen molar-refractivity contribution in [3.05, 3.63) is 12.2 Å². The van der Waals surface area contributed by atoms with E-state index in [0.29, 0.717) is 10.8 Å².